The standard InChI is InChI=1S/C19H17NO2/c1-13-3-2-4-14(9-13)15-5-6-19(22)18(11-15)16-7-8-20-17(10-16)12-21/h2-11,21-22H,12H2,1H3. The Kier molecular flexibility index (Phi) is 3.90. The smallest absolute Gasteiger partial charge is 0.123 e. The fourth-order valence-corrected chi connectivity index (χ4v) is 2.50. The van der Waals surface area contributed by atoms with Crippen molar-refractivity contribution < 1.29 is 10.2 Å². The van der Waals surface area contributed by atoms with Crippen molar-refractivity contribution in [3.8, 4) is 28.0 Å². The summed E-state index contributed by atoms with van der Waals surface area (Å²) in [4.78, 5) is 4.07. The molecule has 2 aromatic carbocycles. The van der Waals surface area contributed by atoms with E-state index >= 15 is 0 Å². The Hall–Kier alpha value is -2.65. The average molecular weight is 291 g/mol. The van der Waals surface area contributed by atoms with Crippen LogP contribution in [-0.2, 0) is 6.61 Å². The lowest BCUT2D eigenvalue weighted by Crippen LogP contribution is -1.90. The van der Waals surface area contributed by atoms with Crippen LogP contribution in [0.2, 0.25) is 0 Å². The van der Waals surface area contributed by atoms with Crippen LogP contribution in [-0.4, -0.2) is 15.2 Å². The lowest BCUT2D eigenvalue weighted by Gasteiger charge is -2.10. The van der Waals surface area contributed by atoms with Gasteiger partial charge in [0.2, 0.25) is 0 Å². The summed E-state index contributed by atoms with van der Waals surface area (Å²) >= 11 is 0. The summed E-state index contributed by atoms with van der Waals surface area (Å²) in [7, 11) is 0. The van der Waals surface area contributed by atoms with Crippen LogP contribution in [0.15, 0.2) is 60.8 Å². The molecule has 110 valence electrons. The summed E-state index contributed by atoms with van der Waals surface area (Å²) in [6.07, 6.45) is 1.64. The monoisotopic (exact) mass is 291 g/mol. The van der Waals surface area contributed by atoms with Gasteiger partial charge in [0.1, 0.15) is 5.75 Å². The Labute approximate surface area is 129 Å². The molecule has 0 saturated carbocycles. The van der Waals surface area contributed by atoms with Crippen molar-refractivity contribution in [3.05, 3.63) is 72.1 Å². The van der Waals surface area contributed by atoms with Crippen LogP contribution in [0.3, 0.4) is 0 Å². The molecule has 2 N–H and O–H groups in total. The predicted octanol–water partition coefficient (Wildman–Crippen LogP) is 3.92. The molecule has 3 rings (SSSR count). The number of hydrogen-bond donors (Lipinski definition) is 2. The topological polar surface area (TPSA) is 53.4 Å². The Bertz CT molecular complexity index is 812. The molecule has 0 radical (unpaired) electrons. The third-order valence-corrected chi connectivity index (χ3v) is 3.64. The van der Waals surface area contributed by atoms with E-state index < -0.39 is 0 Å². The largest absolute Gasteiger partial charge is 0.507 e. The lowest BCUT2D eigenvalue weighted by atomic mass is 9.97. The number of nitrogens with zero attached hydrogens (tertiary/aromatic N) is 1. The molecule has 0 aliphatic carbocycles. The first kappa shape index (κ1) is 14.3. The van der Waals surface area contributed by atoms with E-state index in [1.165, 1.54) is 5.56 Å². The van der Waals surface area contributed by atoms with Crippen LogP contribution in [0.1, 0.15) is 11.3 Å². The van der Waals surface area contributed by atoms with Crippen LogP contribution >= 0.6 is 0 Å². The van der Waals surface area contributed by atoms with Crippen molar-refractivity contribution in [1.29, 1.82) is 0 Å². The lowest BCUT2D eigenvalue weighted by molar-refractivity contribution is 0.277. The zero-order valence-electron chi connectivity index (χ0n) is 12.3. The number of benzene rings is 2. The molecule has 1 heterocycles. The van der Waals surface area contributed by atoms with Gasteiger partial charge in [-0.2, -0.15) is 0 Å². The van der Waals surface area contributed by atoms with Gasteiger partial charge in [0.15, 0.2) is 0 Å². The number of aromatic hydroxyl groups is 1. The van der Waals surface area contributed by atoms with Crippen molar-refractivity contribution in [2.45, 2.75) is 13.5 Å². The molecule has 0 amide bonds. The SMILES string of the molecule is Cc1cccc(-c2ccc(O)c(-c3ccnc(CO)c3)c2)c1. The summed E-state index contributed by atoms with van der Waals surface area (Å²) in [5.41, 5.74) is 5.50. The molecular weight excluding hydrogens is 274 g/mol. The Morgan fingerprint density at radius 3 is 2.50 bits per heavy atom. The first-order chi connectivity index (χ1) is 10.7. The van der Waals surface area contributed by atoms with E-state index in [1.54, 1.807) is 18.3 Å². The number of aliphatic hydroxyl groups is 1. The van der Waals surface area contributed by atoms with Crippen molar-refractivity contribution in [2.24, 2.45) is 0 Å². The van der Waals surface area contributed by atoms with E-state index in [9.17, 15) is 10.2 Å². The van der Waals surface area contributed by atoms with Crippen molar-refractivity contribution in [1.82, 2.24) is 4.98 Å². The molecule has 0 aliphatic heterocycles. The first-order valence-corrected chi connectivity index (χ1v) is 7.13. The molecule has 0 saturated heterocycles. The third-order valence-electron chi connectivity index (χ3n) is 3.64. The second kappa shape index (κ2) is 6.00. The molecule has 0 unspecified atom stereocenters. The Morgan fingerprint density at radius 1 is 0.909 bits per heavy atom. The molecule has 0 bridgehead atoms. The molecule has 0 fully saturated rings. The van der Waals surface area contributed by atoms with E-state index in [2.05, 4.69) is 30.1 Å². The van der Waals surface area contributed by atoms with Gasteiger partial charge in [-0.1, -0.05) is 35.9 Å². The summed E-state index contributed by atoms with van der Waals surface area (Å²) in [5.74, 6) is 0.214. The van der Waals surface area contributed by atoms with Gasteiger partial charge in [-0.05, 0) is 47.9 Å². The molecule has 1 aromatic heterocycles. The van der Waals surface area contributed by atoms with Crippen LogP contribution < -0.4 is 0 Å². The first-order valence-electron chi connectivity index (χ1n) is 7.13. The molecule has 3 nitrogen and oxygen atoms in total. The number of hydrogen-bond acceptors (Lipinski definition) is 3. The molecule has 22 heavy (non-hydrogen) atoms. The highest BCUT2D eigenvalue weighted by molar-refractivity contribution is 5.77. The minimum absolute atomic E-state index is 0.119. The van der Waals surface area contributed by atoms with Crippen LogP contribution in [0.5, 0.6) is 5.75 Å². The van der Waals surface area contributed by atoms with Gasteiger partial charge in [-0.25, -0.2) is 0 Å². The minimum atomic E-state index is -0.119. The number of rotatable bonds is 3. The number of aromatic nitrogens is 1. The molecular formula is C19H17NO2. The summed E-state index contributed by atoms with van der Waals surface area (Å²) < 4.78 is 0. The number of aryl methyl sites for hydroxylation is 1. The van der Waals surface area contributed by atoms with Gasteiger partial charge in [-0.15, -0.1) is 0 Å². The average Bonchev–Trinajstić information content (AvgIpc) is 2.55. The van der Waals surface area contributed by atoms with Crippen molar-refractivity contribution in [3.63, 3.8) is 0 Å². The maximum Gasteiger partial charge on any atom is 0.123 e. The van der Waals surface area contributed by atoms with Gasteiger partial charge in [-0.3, -0.25) is 4.98 Å². The third kappa shape index (κ3) is 2.85. The quantitative estimate of drug-likeness (QED) is 0.769. The molecule has 3 aromatic rings. The fourth-order valence-electron chi connectivity index (χ4n) is 2.50. The fraction of sp³-hybridized carbons (Fsp3) is 0.105. The second-order valence-electron chi connectivity index (χ2n) is 5.30. The number of pyridine rings is 1. The molecule has 0 spiro atoms. The van der Waals surface area contributed by atoms with E-state index in [0.717, 1.165) is 22.3 Å². The van der Waals surface area contributed by atoms with Crippen LogP contribution in [0.25, 0.3) is 22.3 Å². The van der Waals surface area contributed by atoms with Crippen LogP contribution in [0.4, 0.5) is 0 Å². The van der Waals surface area contributed by atoms with Crippen molar-refractivity contribution in [2.75, 3.05) is 0 Å². The molecule has 0 aliphatic rings. The maximum absolute atomic E-state index is 10.2. The van der Waals surface area contributed by atoms with E-state index in [4.69, 9.17) is 0 Å². The Morgan fingerprint density at radius 2 is 1.73 bits per heavy atom. The Balaban J connectivity index is 2.10. The van der Waals surface area contributed by atoms with E-state index in [1.807, 2.05) is 24.3 Å². The number of aliphatic hydroxyl groups excluding tert-OH is 1. The van der Waals surface area contributed by atoms with E-state index in [-0.39, 0.29) is 12.4 Å². The summed E-state index contributed by atoms with van der Waals surface area (Å²) in [6.45, 7) is 1.94. The molecule has 3 heteroatoms. The number of phenols is 1. The van der Waals surface area contributed by atoms with E-state index in [0.29, 0.717) is 5.69 Å². The highest BCUT2D eigenvalue weighted by Crippen LogP contribution is 2.33. The zero-order valence-corrected chi connectivity index (χ0v) is 12.3. The van der Waals surface area contributed by atoms with Gasteiger partial charge in [0.25, 0.3) is 0 Å². The predicted molar refractivity (Wildman–Crippen MR) is 87.4 cm³/mol. The van der Waals surface area contributed by atoms with Crippen LogP contribution in [0, 0.1) is 6.92 Å². The highest BCUT2D eigenvalue weighted by atomic mass is 16.3. The minimum Gasteiger partial charge on any atom is -0.507 e. The van der Waals surface area contributed by atoms with Gasteiger partial charge >= 0.3 is 0 Å². The maximum atomic E-state index is 10.2. The number of phenolic OH excluding ortho intramolecular Hbond substituents is 1. The molecule has 0 atom stereocenters. The second-order valence-corrected chi connectivity index (χ2v) is 5.30. The summed E-state index contributed by atoms with van der Waals surface area (Å²) in [6, 6.07) is 17.4. The normalized spacial score (nSPS) is 10.6. The van der Waals surface area contributed by atoms with Crippen molar-refractivity contribution >= 4 is 0 Å². The highest BCUT2D eigenvalue weighted by Gasteiger charge is 2.08. The van der Waals surface area contributed by atoms with Gasteiger partial charge in [0, 0.05) is 11.8 Å². The van der Waals surface area contributed by atoms with Gasteiger partial charge in [0.05, 0.1) is 12.3 Å². The van der Waals surface area contributed by atoms with Gasteiger partial charge < -0.3 is 10.2 Å². The zero-order chi connectivity index (χ0) is 15.5. The summed E-state index contributed by atoms with van der Waals surface area (Å²) in [5, 5.41) is 19.4.